The van der Waals surface area contributed by atoms with Crippen molar-refractivity contribution in [2.45, 2.75) is 19.8 Å². The first-order valence-electron chi connectivity index (χ1n) is 8.03. The van der Waals surface area contributed by atoms with Gasteiger partial charge in [0.05, 0.1) is 18.1 Å². The predicted octanol–water partition coefficient (Wildman–Crippen LogP) is 4.17. The van der Waals surface area contributed by atoms with Gasteiger partial charge in [0.1, 0.15) is 23.3 Å². The van der Waals surface area contributed by atoms with E-state index in [-0.39, 0.29) is 11.4 Å². The number of esters is 1. The number of fused-ring (bicyclic) bond motifs is 1. The maximum Gasteiger partial charge on any atom is 0.311 e. The number of para-hydroxylation sites is 1. The Morgan fingerprint density at radius 2 is 1.92 bits per heavy atom. The molecule has 0 fully saturated rings. The van der Waals surface area contributed by atoms with Crippen molar-refractivity contribution >= 4 is 16.9 Å². The van der Waals surface area contributed by atoms with Crippen LogP contribution < -0.4 is 14.9 Å². The third-order valence-corrected chi connectivity index (χ3v) is 3.83. The molecular formula is C20H18O5. The van der Waals surface area contributed by atoms with Crippen molar-refractivity contribution in [1.29, 1.82) is 0 Å². The van der Waals surface area contributed by atoms with Gasteiger partial charge in [0.2, 0.25) is 5.43 Å². The normalized spacial score (nSPS) is 10.6. The molecule has 0 saturated carbocycles. The summed E-state index contributed by atoms with van der Waals surface area (Å²) in [5.41, 5.74) is 1.28. The number of ether oxygens (including phenoxy) is 2. The van der Waals surface area contributed by atoms with Crippen molar-refractivity contribution in [3.05, 3.63) is 59.0 Å². The summed E-state index contributed by atoms with van der Waals surface area (Å²) in [6.45, 7) is 1.90. The summed E-state index contributed by atoms with van der Waals surface area (Å²) in [5, 5.41) is 0.415. The van der Waals surface area contributed by atoms with Crippen LogP contribution in [-0.4, -0.2) is 13.1 Å². The summed E-state index contributed by atoms with van der Waals surface area (Å²) in [6, 6.07) is 12.0. The van der Waals surface area contributed by atoms with E-state index in [9.17, 15) is 9.59 Å². The van der Waals surface area contributed by atoms with Gasteiger partial charge >= 0.3 is 5.97 Å². The lowest BCUT2D eigenvalue weighted by Crippen LogP contribution is -2.08. The molecule has 0 amide bonds. The average Bonchev–Trinajstić information content (AvgIpc) is 2.62. The molecule has 0 bridgehead atoms. The quantitative estimate of drug-likeness (QED) is 0.516. The first-order chi connectivity index (χ1) is 12.1. The second-order valence-corrected chi connectivity index (χ2v) is 5.56. The predicted molar refractivity (Wildman–Crippen MR) is 95.0 cm³/mol. The van der Waals surface area contributed by atoms with Crippen LogP contribution in [0.1, 0.15) is 19.8 Å². The van der Waals surface area contributed by atoms with Crippen LogP contribution in [0.15, 0.2) is 57.9 Å². The molecule has 0 aliphatic carbocycles. The van der Waals surface area contributed by atoms with Crippen LogP contribution in [0.4, 0.5) is 0 Å². The topological polar surface area (TPSA) is 65.7 Å². The van der Waals surface area contributed by atoms with E-state index >= 15 is 0 Å². The van der Waals surface area contributed by atoms with Crippen LogP contribution in [0.5, 0.6) is 11.5 Å². The smallest absolute Gasteiger partial charge is 0.311 e. The van der Waals surface area contributed by atoms with Gasteiger partial charge < -0.3 is 13.9 Å². The zero-order valence-corrected chi connectivity index (χ0v) is 14.1. The van der Waals surface area contributed by atoms with Gasteiger partial charge in [-0.15, -0.1) is 0 Å². The molecule has 0 unspecified atom stereocenters. The highest BCUT2D eigenvalue weighted by Gasteiger charge is 2.14. The van der Waals surface area contributed by atoms with E-state index in [4.69, 9.17) is 13.9 Å². The summed E-state index contributed by atoms with van der Waals surface area (Å²) in [4.78, 5) is 24.4. The van der Waals surface area contributed by atoms with Gasteiger partial charge in [-0.05, 0) is 24.6 Å². The summed E-state index contributed by atoms with van der Waals surface area (Å²) in [5.74, 6) is 0.647. The number of carbonyl (C=O) groups is 1. The lowest BCUT2D eigenvalue weighted by Gasteiger charge is -2.08. The Morgan fingerprint density at radius 3 is 2.68 bits per heavy atom. The second-order valence-electron chi connectivity index (χ2n) is 5.56. The monoisotopic (exact) mass is 338 g/mol. The average molecular weight is 338 g/mol. The molecule has 0 saturated heterocycles. The minimum atomic E-state index is -0.310. The minimum absolute atomic E-state index is 0.169. The van der Waals surface area contributed by atoms with Crippen molar-refractivity contribution in [3.63, 3.8) is 0 Å². The first kappa shape index (κ1) is 16.8. The Kier molecular flexibility index (Phi) is 4.84. The van der Waals surface area contributed by atoms with E-state index in [1.54, 1.807) is 37.4 Å². The van der Waals surface area contributed by atoms with Crippen LogP contribution in [0.25, 0.3) is 22.1 Å². The molecule has 0 N–H and O–H groups in total. The van der Waals surface area contributed by atoms with Gasteiger partial charge in [-0.1, -0.05) is 25.1 Å². The Morgan fingerprint density at radius 1 is 1.12 bits per heavy atom. The van der Waals surface area contributed by atoms with Gasteiger partial charge in [0.15, 0.2) is 0 Å². The molecule has 25 heavy (non-hydrogen) atoms. The molecule has 0 aliphatic heterocycles. The SMILES string of the molecule is CCCC(=O)Oc1ccc2c(=O)c(-c3ccccc3OC)coc2c1. The first-order valence-corrected chi connectivity index (χ1v) is 8.03. The standard InChI is InChI=1S/C20H18O5/c1-3-6-19(21)25-13-9-10-15-18(11-13)24-12-16(20(15)22)14-7-4-5-8-17(14)23-2/h4-5,7-12H,3,6H2,1-2H3. The summed E-state index contributed by atoms with van der Waals surface area (Å²) >= 11 is 0. The van der Waals surface area contributed by atoms with Gasteiger partial charge in [-0.3, -0.25) is 9.59 Å². The van der Waals surface area contributed by atoms with Crippen LogP contribution in [0.2, 0.25) is 0 Å². The molecule has 2 aromatic carbocycles. The Balaban J connectivity index is 2.04. The third kappa shape index (κ3) is 3.40. The molecule has 1 heterocycles. The van der Waals surface area contributed by atoms with Crippen molar-refractivity contribution in [3.8, 4) is 22.6 Å². The molecule has 5 nitrogen and oxygen atoms in total. The molecule has 0 radical (unpaired) electrons. The molecule has 3 aromatic rings. The van der Waals surface area contributed by atoms with Crippen molar-refractivity contribution in [2.75, 3.05) is 7.11 Å². The van der Waals surface area contributed by atoms with Crippen molar-refractivity contribution in [1.82, 2.24) is 0 Å². The van der Waals surface area contributed by atoms with E-state index in [1.165, 1.54) is 6.26 Å². The number of carbonyl (C=O) groups excluding carboxylic acids is 1. The third-order valence-electron chi connectivity index (χ3n) is 3.83. The zero-order valence-electron chi connectivity index (χ0n) is 14.1. The van der Waals surface area contributed by atoms with E-state index in [2.05, 4.69) is 0 Å². The Hall–Kier alpha value is -3.08. The highest BCUT2D eigenvalue weighted by Crippen LogP contribution is 2.29. The molecule has 0 spiro atoms. The fourth-order valence-corrected chi connectivity index (χ4v) is 2.61. The van der Waals surface area contributed by atoms with Crippen LogP contribution in [-0.2, 0) is 4.79 Å². The van der Waals surface area contributed by atoms with Crippen molar-refractivity contribution in [2.24, 2.45) is 0 Å². The number of hydrogen-bond donors (Lipinski definition) is 0. The zero-order chi connectivity index (χ0) is 17.8. The van der Waals surface area contributed by atoms with Crippen LogP contribution in [0.3, 0.4) is 0 Å². The summed E-state index contributed by atoms with van der Waals surface area (Å²) in [6.07, 6.45) is 2.46. The van der Waals surface area contributed by atoms with Gasteiger partial charge in [0.25, 0.3) is 0 Å². The van der Waals surface area contributed by atoms with Gasteiger partial charge in [-0.25, -0.2) is 0 Å². The Bertz CT molecular complexity index is 971. The second kappa shape index (κ2) is 7.21. The number of benzene rings is 2. The lowest BCUT2D eigenvalue weighted by atomic mass is 10.0. The summed E-state index contributed by atoms with van der Waals surface area (Å²) in [7, 11) is 1.55. The Labute approximate surface area is 144 Å². The van der Waals surface area contributed by atoms with Crippen LogP contribution >= 0.6 is 0 Å². The fraction of sp³-hybridized carbons (Fsp3) is 0.200. The molecular weight excluding hydrogens is 320 g/mol. The maximum atomic E-state index is 12.8. The van der Waals surface area contributed by atoms with E-state index in [0.29, 0.717) is 46.4 Å². The van der Waals surface area contributed by atoms with Gasteiger partial charge in [-0.2, -0.15) is 0 Å². The highest BCUT2D eigenvalue weighted by molar-refractivity contribution is 5.84. The molecule has 128 valence electrons. The lowest BCUT2D eigenvalue weighted by molar-refractivity contribution is -0.134. The largest absolute Gasteiger partial charge is 0.496 e. The molecule has 3 rings (SSSR count). The van der Waals surface area contributed by atoms with E-state index in [1.807, 2.05) is 19.1 Å². The molecule has 5 heteroatoms. The van der Waals surface area contributed by atoms with Crippen LogP contribution in [0, 0.1) is 0 Å². The molecule has 0 atom stereocenters. The number of hydrogen-bond acceptors (Lipinski definition) is 5. The van der Waals surface area contributed by atoms with Gasteiger partial charge in [0, 0.05) is 18.1 Å². The molecule has 1 aromatic heterocycles. The fourth-order valence-electron chi connectivity index (χ4n) is 2.61. The number of rotatable bonds is 5. The van der Waals surface area contributed by atoms with Crippen molar-refractivity contribution < 1.29 is 18.7 Å². The number of methoxy groups -OCH3 is 1. The van der Waals surface area contributed by atoms with E-state index in [0.717, 1.165) is 0 Å². The van der Waals surface area contributed by atoms with E-state index < -0.39 is 0 Å². The summed E-state index contributed by atoms with van der Waals surface area (Å²) < 4.78 is 16.2. The highest BCUT2D eigenvalue weighted by atomic mass is 16.5. The minimum Gasteiger partial charge on any atom is -0.496 e. The maximum absolute atomic E-state index is 12.8. The molecule has 0 aliphatic rings.